The van der Waals surface area contributed by atoms with Gasteiger partial charge in [-0.1, -0.05) is 0 Å². The maximum Gasteiger partial charge on any atom is 0.209 e. The highest BCUT2D eigenvalue weighted by Crippen LogP contribution is 2.03. The molecule has 3 nitrogen and oxygen atoms in total. The van der Waals surface area contributed by atoms with E-state index >= 15 is 0 Å². The average Bonchev–Trinajstić information content (AvgIpc) is 2.15. The second-order valence-electron chi connectivity index (χ2n) is 2.03. The highest BCUT2D eigenvalue weighted by molar-refractivity contribution is 5.03. The molecule has 0 saturated carbocycles. The van der Waals surface area contributed by atoms with Crippen LogP contribution in [0.5, 0.6) is 5.88 Å². The van der Waals surface area contributed by atoms with Gasteiger partial charge in [-0.2, -0.15) is 5.10 Å². The fraction of sp³-hybridized carbons (Fsp3) is 0.500. The SMILES string of the molecule is CC(C)Oc1c[c]n[nH]1. The van der Waals surface area contributed by atoms with Crippen LogP contribution in [0.2, 0.25) is 0 Å². The molecule has 0 saturated heterocycles. The van der Waals surface area contributed by atoms with Crippen LogP contribution in [-0.2, 0) is 0 Å². The van der Waals surface area contributed by atoms with Crippen molar-refractivity contribution in [1.29, 1.82) is 0 Å². The highest BCUT2D eigenvalue weighted by Gasteiger charge is 1.95. The van der Waals surface area contributed by atoms with E-state index in [4.69, 9.17) is 4.74 Å². The molecule has 0 unspecified atom stereocenters. The average molecular weight is 125 g/mol. The van der Waals surface area contributed by atoms with Gasteiger partial charge >= 0.3 is 0 Å². The molecule has 0 aliphatic heterocycles. The lowest BCUT2D eigenvalue weighted by Gasteiger charge is -2.04. The van der Waals surface area contributed by atoms with Crippen molar-refractivity contribution in [2.75, 3.05) is 0 Å². The number of nitrogens with one attached hydrogen (secondary N) is 1. The summed E-state index contributed by atoms with van der Waals surface area (Å²) in [6, 6.07) is 1.67. The minimum absolute atomic E-state index is 0.193. The van der Waals surface area contributed by atoms with Gasteiger partial charge in [0.1, 0.15) is 6.20 Å². The van der Waals surface area contributed by atoms with E-state index in [2.05, 4.69) is 16.4 Å². The number of rotatable bonds is 2. The maximum absolute atomic E-state index is 5.20. The van der Waals surface area contributed by atoms with Crippen LogP contribution in [0.25, 0.3) is 0 Å². The lowest BCUT2D eigenvalue weighted by atomic mass is 10.5. The standard InChI is InChI=1S/C6H9N2O/c1-5(2)9-6-3-4-7-8-6/h3,5H,1-2H3,(H,7,8). The summed E-state index contributed by atoms with van der Waals surface area (Å²) >= 11 is 0. The van der Waals surface area contributed by atoms with E-state index < -0.39 is 0 Å². The van der Waals surface area contributed by atoms with Crippen LogP contribution >= 0.6 is 0 Å². The summed E-state index contributed by atoms with van der Waals surface area (Å²) in [5.41, 5.74) is 0. The zero-order chi connectivity index (χ0) is 6.69. The molecule has 0 atom stereocenters. The Morgan fingerprint density at radius 3 is 3.00 bits per heavy atom. The summed E-state index contributed by atoms with van der Waals surface area (Å²) in [5.74, 6) is 0.671. The predicted molar refractivity (Wildman–Crippen MR) is 33.2 cm³/mol. The molecule has 0 bridgehead atoms. The molecule has 1 radical (unpaired) electrons. The molecule has 49 valence electrons. The van der Waals surface area contributed by atoms with Gasteiger partial charge in [0.2, 0.25) is 5.88 Å². The molecular weight excluding hydrogens is 116 g/mol. The van der Waals surface area contributed by atoms with Crippen LogP contribution in [0, 0.1) is 6.20 Å². The third-order valence-electron chi connectivity index (χ3n) is 0.789. The van der Waals surface area contributed by atoms with Crippen molar-refractivity contribution in [3.05, 3.63) is 12.3 Å². The number of ether oxygens (including phenoxy) is 1. The van der Waals surface area contributed by atoms with Gasteiger partial charge in [0.05, 0.1) is 6.10 Å². The first kappa shape index (κ1) is 6.13. The molecule has 0 spiro atoms. The number of nitrogens with zero attached hydrogens (tertiary/aromatic N) is 1. The van der Waals surface area contributed by atoms with Crippen LogP contribution < -0.4 is 4.74 Å². The van der Waals surface area contributed by atoms with Crippen molar-refractivity contribution in [3.8, 4) is 5.88 Å². The van der Waals surface area contributed by atoms with E-state index in [1.807, 2.05) is 13.8 Å². The van der Waals surface area contributed by atoms with Crippen molar-refractivity contribution < 1.29 is 4.74 Å². The fourth-order valence-corrected chi connectivity index (χ4v) is 0.525. The Balaban J connectivity index is 2.48. The number of hydrogen-bond donors (Lipinski definition) is 1. The van der Waals surface area contributed by atoms with Crippen molar-refractivity contribution in [1.82, 2.24) is 10.2 Å². The molecule has 1 heterocycles. The van der Waals surface area contributed by atoms with Gasteiger partial charge in [-0.15, -0.1) is 0 Å². The predicted octanol–water partition coefficient (Wildman–Crippen LogP) is 0.997. The van der Waals surface area contributed by atoms with Crippen LogP contribution in [-0.4, -0.2) is 16.3 Å². The first-order chi connectivity index (χ1) is 4.29. The second-order valence-corrected chi connectivity index (χ2v) is 2.03. The lowest BCUT2D eigenvalue weighted by Crippen LogP contribution is -2.05. The minimum Gasteiger partial charge on any atom is -0.475 e. The minimum atomic E-state index is 0.193. The van der Waals surface area contributed by atoms with Crippen molar-refractivity contribution in [3.63, 3.8) is 0 Å². The molecule has 0 aromatic carbocycles. The molecule has 3 heteroatoms. The molecule has 0 fully saturated rings. The Morgan fingerprint density at radius 1 is 1.78 bits per heavy atom. The van der Waals surface area contributed by atoms with Gasteiger partial charge in [-0.05, 0) is 13.8 Å². The Labute approximate surface area is 54.0 Å². The Morgan fingerprint density at radius 2 is 2.56 bits per heavy atom. The lowest BCUT2D eigenvalue weighted by molar-refractivity contribution is 0.232. The van der Waals surface area contributed by atoms with E-state index in [1.54, 1.807) is 6.07 Å². The van der Waals surface area contributed by atoms with Gasteiger partial charge in [-0.3, -0.25) is 0 Å². The van der Waals surface area contributed by atoms with Gasteiger partial charge in [0.15, 0.2) is 0 Å². The van der Waals surface area contributed by atoms with E-state index in [1.165, 1.54) is 0 Å². The molecular formula is C6H9N2O. The smallest absolute Gasteiger partial charge is 0.209 e. The second kappa shape index (κ2) is 2.53. The topological polar surface area (TPSA) is 37.9 Å². The van der Waals surface area contributed by atoms with Crippen LogP contribution in [0.15, 0.2) is 6.07 Å². The number of aromatic nitrogens is 2. The van der Waals surface area contributed by atoms with Crippen LogP contribution in [0.3, 0.4) is 0 Å². The number of aromatic amines is 1. The first-order valence-electron chi connectivity index (χ1n) is 2.87. The van der Waals surface area contributed by atoms with E-state index in [0.29, 0.717) is 5.88 Å². The zero-order valence-corrected chi connectivity index (χ0v) is 5.51. The third-order valence-corrected chi connectivity index (χ3v) is 0.789. The van der Waals surface area contributed by atoms with E-state index in [0.717, 1.165) is 0 Å². The summed E-state index contributed by atoms with van der Waals surface area (Å²) in [4.78, 5) is 0. The molecule has 0 aliphatic rings. The Bertz CT molecular complexity index is 158. The molecule has 0 amide bonds. The van der Waals surface area contributed by atoms with Gasteiger partial charge in [0.25, 0.3) is 0 Å². The fourth-order valence-electron chi connectivity index (χ4n) is 0.525. The third kappa shape index (κ3) is 1.76. The summed E-state index contributed by atoms with van der Waals surface area (Å²) in [5, 5.41) is 6.24. The van der Waals surface area contributed by atoms with E-state index in [-0.39, 0.29) is 6.10 Å². The van der Waals surface area contributed by atoms with Crippen molar-refractivity contribution >= 4 is 0 Å². The summed E-state index contributed by atoms with van der Waals surface area (Å²) < 4.78 is 5.20. The Kier molecular flexibility index (Phi) is 1.72. The normalized spacial score (nSPS) is 10.1. The molecule has 0 aliphatic carbocycles. The quantitative estimate of drug-likeness (QED) is 0.640. The summed E-state index contributed by atoms with van der Waals surface area (Å²) in [7, 11) is 0. The summed E-state index contributed by atoms with van der Waals surface area (Å²) in [6.45, 7) is 3.92. The number of H-pyrrole nitrogens is 1. The van der Waals surface area contributed by atoms with Crippen molar-refractivity contribution in [2.24, 2.45) is 0 Å². The monoisotopic (exact) mass is 125 g/mol. The Hall–Kier alpha value is -0.990. The maximum atomic E-state index is 5.20. The molecule has 1 aromatic heterocycles. The molecule has 1 rings (SSSR count). The highest BCUT2D eigenvalue weighted by atomic mass is 16.5. The van der Waals surface area contributed by atoms with Gasteiger partial charge in [0, 0.05) is 6.07 Å². The molecule has 1 N–H and O–H groups in total. The van der Waals surface area contributed by atoms with Crippen LogP contribution in [0.1, 0.15) is 13.8 Å². The largest absolute Gasteiger partial charge is 0.475 e. The van der Waals surface area contributed by atoms with E-state index in [9.17, 15) is 0 Å². The van der Waals surface area contributed by atoms with Gasteiger partial charge in [-0.25, -0.2) is 5.10 Å². The van der Waals surface area contributed by atoms with Crippen LogP contribution in [0.4, 0.5) is 0 Å². The van der Waals surface area contributed by atoms with Gasteiger partial charge < -0.3 is 4.74 Å². The first-order valence-corrected chi connectivity index (χ1v) is 2.87. The molecule has 9 heavy (non-hydrogen) atoms. The van der Waals surface area contributed by atoms with Crippen molar-refractivity contribution in [2.45, 2.75) is 20.0 Å². The zero-order valence-electron chi connectivity index (χ0n) is 5.51. The molecule has 1 aromatic rings. The number of hydrogen-bond acceptors (Lipinski definition) is 2. The summed E-state index contributed by atoms with van der Waals surface area (Å²) in [6.07, 6.45) is 2.80.